The smallest absolute Gasteiger partial charge is 0.259 e. The maximum atomic E-state index is 13.6. The van der Waals surface area contributed by atoms with Crippen molar-refractivity contribution in [3.05, 3.63) is 12.7 Å². The Kier molecular flexibility index (Phi) is 7.21. The first-order chi connectivity index (χ1) is 17.2. The van der Waals surface area contributed by atoms with E-state index in [2.05, 4.69) is 21.9 Å². The summed E-state index contributed by atoms with van der Waals surface area (Å²) < 4.78 is 26.8. The van der Waals surface area contributed by atoms with Crippen LogP contribution in [-0.2, 0) is 29.2 Å². The molecule has 0 aromatic carbocycles. The molecule has 5 atom stereocenters. The Labute approximate surface area is 217 Å². The van der Waals surface area contributed by atoms with Gasteiger partial charge in [0.25, 0.3) is 5.91 Å². The van der Waals surface area contributed by atoms with Gasteiger partial charge in [-0.1, -0.05) is 26.8 Å². The third-order valence-corrected chi connectivity index (χ3v) is 9.52. The summed E-state index contributed by atoms with van der Waals surface area (Å²) in [6, 6.07) is -1.99. The van der Waals surface area contributed by atoms with E-state index in [0.717, 1.165) is 12.8 Å². The second kappa shape index (κ2) is 9.68. The van der Waals surface area contributed by atoms with Crippen molar-refractivity contribution in [2.75, 3.05) is 6.54 Å². The van der Waals surface area contributed by atoms with E-state index in [4.69, 9.17) is 0 Å². The van der Waals surface area contributed by atoms with Crippen molar-refractivity contribution in [1.82, 2.24) is 20.3 Å². The van der Waals surface area contributed by atoms with Crippen LogP contribution in [-0.4, -0.2) is 77.6 Å². The van der Waals surface area contributed by atoms with Crippen LogP contribution in [0.3, 0.4) is 0 Å². The number of amides is 4. The first-order valence-electron chi connectivity index (χ1n) is 13.0. The minimum absolute atomic E-state index is 0.0404. The molecular formula is C25H38N4O7S. The van der Waals surface area contributed by atoms with Gasteiger partial charge in [-0.3, -0.25) is 23.9 Å². The van der Waals surface area contributed by atoms with Crippen LogP contribution in [0, 0.1) is 17.3 Å². The molecule has 5 unspecified atom stereocenters. The number of hydrogen-bond donors (Lipinski definition) is 4. The molecule has 3 aliphatic carbocycles. The molecular weight excluding hydrogens is 500 g/mol. The van der Waals surface area contributed by atoms with Crippen molar-refractivity contribution in [2.24, 2.45) is 17.3 Å². The van der Waals surface area contributed by atoms with Crippen molar-refractivity contribution in [3.63, 3.8) is 0 Å². The van der Waals surface area contributed by atoms with Gasteiger partial charge >= 0.3 is 0 Å². The Morgan fingerprint density at radius 1 is 1.16 bits per heavy atom. The van der Waals surface area contributed by atoms with Gasteiger partial charge < -0.3 is 20.6 Å². The van der Waals surface area contributed by atoms with Gasteiger partial charge in [-0.25, -0.2) is 8.42 Å². The quantitative estimate of drug-likeness (QED) is 0.283. The third-order valence-electron chi connectivity index (χ3n) is 7.70. The molecule has 4 amide bonds. The molecule has 0 bridgehead atoms. The zero-order valence-electron chi connectivity index (χ0n) is 21.7. The highest BCUT2D eigenvalue weighted by Crippen LogP contribution is 2.45. The van der Waals surface area contributed by atoms with Crippen LogP contribution in [0.2, 0.25) is 0 Å². The number of β-amino-alcohol motifs (C(OH)–C–C–N with tert-alkyl or cyclic N) is 1. The number of carbonyl (C=O) groups excluding carboxylic acids is 4. The molecule has 37 heavy (non-hydrogen) atoms. The minimum Gasteiger partial charge on any atom is -0.391 e. The van der Waals surface area contributed by atoms with Gasteiger partial charge in [0.1, 0.15) is 17.6 Å². The molecule has 1 saturated heterocycles. The minimum atomic E-state index is -3.82. The summed E-state index contributed by atoms with van der Waals surface area (Å²) >= 11 is 0. The van der Waals surface area contributed by atoms with Gasteiger partial charge in [0.15, 0.2) is 0 Å². The third kappa shape index (κ3) is 6.00. The number of likely N-dealkylation sites (tertiary alicyclic amines) is 1. The number of carbonyl (C=O) groups is 4. The van der Waals surface area contributed by atoms with E-state index >= 15 is 0 Å². The summed E-state index contributed by atoms with van der Waals surface area (Å²) in [5, 5.41) is 15.3. The van der Waals surface area contributed by atoms with Gasteiger partial charge in [0.05, 0.1) is 11.4 Å². The highest BCUT2D eigenvalue weighted by molar-refractivity contribution is 7.91. The Morgan fingerprint density at radius 2 is 1.81 bits per heavy atom. The molecule has 4 N–H and O–H groups in total. The highest BCUT2D eigenvalue weighted by atomic mass is 32.2. The Morgan fingerprint density at radius 3 is 2.32 bits per heavy atom. The van der Waals surface area contributed by atoms with Gasteiger partial charge in [0.2, 0.25) is 27.7 Å². The molecule has 0 aromatic rings. The fourth-order valence-electron chi connectivity index (χ4n) is 4.94. The maximum Gasteiger partial charge on any atom is 0.259 e. The molecule has 1 aliphatic heterocycles. The van der Waals surface area contributed by atoms with Gasteiger partial charge in [-0.05, 0) is 43.4 Å². The highest BCUT2D eigenvalue weighted by Gasteiger charge is 2.62. The molecule has 4 rings (SSSR count). The number of hydrogen-bond acceptors (Lipinski definition) is 7. The lowest BCUT2D eigenvalue weighted by Gasteiger charge is -2.35. The molecule has 0 aromatic heterocycles. The molecule has 4 aliphatic rings. The monoisotopic (exact) mass is 538 g/mol. The van der Waals surface area contributed by atoms with E-state index < -0.39 is 68.1 Å². The lowest BCUT2D eigenvalue weighted by molar-refractivity contribution is -0.144. The number of aliphatic hydroxyl groups is 1. The van der Waals surface area contributed by atoms with Crippen LogP contribution < -0.4 is 15.4 Å². The predicted molar refractivity (Wildman–Crippen MR) is 134 cm³/mol. The van der Waals surface area contributed by atoms with Crippen molar-refractivity contribution in [3.8, 4) is 0 Å². The molecule has 0 radical (unpaired) electrons. The summed E-state index contributed by atoms with van der Waals surface area (Å²) in [6.45, 7) is 9.02. The average Bonchev–Trinajstić information content (AvgIpc) is 3.66. The standard InChI is InChI=1S/C25H38N4O7S/c1-5-15-12-25(15,23(34)28-37(35,36)17-8-9-17)27-21(32)18-11-16(30)13-29(18)22(33)20(24(2,3)4)26-19(31)10-14-6-7-14/h5,14-18,20,30H,1,6-13H2,2-4H3,(H,26,31)(H,27,32)(H,28,34). The van der Waals surface area contributed by atoms with Crippen molar-refractivity contribution < 1.29 is 32.7 Å². The van der Waals surface area contributed by atoms with Crippen molar-refractivity contribution in [2.45, 2.75) is 94.7 Å². The maximum absolute atomic E-state index is 13.6. The normalized spacial score (nSPS) is 30.3. The average molecular weight is 539 g/mol. The Hall–Kier alpha value is -2.47. The van der Waals surface area contributed by atoms with Gasteiger partial charge in [0, 0.05) is 25.3 Å². The van der Waals surface area contributed by atoms with E-state index in [1.165, 1.54) is 11.0 Å². The van der Waals surface area contributed by atoms with Gasteiger partial charge in [-0.15, -0.1) is 6.58 Å². The largest absolute Gasteiger partial charge is 0.391 e. The van der Waals surface area contributed by atoms with Gasteiger partial charge in [-0.2, -0.15) is 0 Å². The van der Waals surface area contributed by atoms with E-state index in [1.807, 2.05) is 20.8 Å². The lowest BCUT2D eigenvalue weighted by Crippen LogP contribution is -2.60. The molecule has 206 valence electrons. The summed E-state index contributed by atoms with van der Waals surface area (Å²) in [7, 11) is -3.82. The SMILES string of the molecule is C=CC1CC1(NC(=O)C1CC(O)CN1C(=O)C(NC(=O)CC1CC1)C(C)(C)C)C(=O)NS(=O)(=O)C1CC1. The molecule has 1 heterocycles. The zero-order valence-corrected chi connectivity index (χ0v) is 22.5. The molecule has 0 spiro atoms. The van der Waals surface area contributed by atoms with Crippen LogP contribution >= 0.6 is 0 Å². The number of nitrogens with zero attached hydrogens (tertiary/aromatic N) is 1. The van der Waals surface area contributed by atoms with Crippen LogP contribution in [0.5, 0.6) is 0 Å². The summed E-state index contributed by atoms with van der Waals surface area (Å²) in [4.78, 5) is 53.9. The predicted octanol–water partition coefficient (Wildman–Crippen LogP) is -0.0515. The Bertz CT molecular complexity index is 1090. The number of sulfonamides is 1. The van der Waals surface area contributed by atoms with E-state index in [-0.39, 0.29) is 25.3 Å². The number of rotatable bonds is 10. The second-order valence-corrected chi connectivity index (χ2v) is 14.1. The lowest BCUT2D eigenvalue weighted by atomic mass is 9.85. The van der Waals surface area contributed by atoms with E-state index in [1.54, 1.807) is 0 Å². The summed E-state index contributed by atoms with van der Waals surface area (Å²) in [6.07, 6.45) is 3.96. The zero-order chi connectivity index (χ0) is 27.3. The van der Waals surface area contributed by atoms with E-state index in [9.17, 15) is 32.7 Å². The number of nitrogens with one attached hydrogen (secondary N) is 3. The first-order valence-corrected chi connectivity index (χ1v) is 14.5. The fourth-order valence-corrected chi connectivity index (χ4v) is 6.31. The van der Waals surface area contributed by atoms with Crippen LogP contribution in [0.1, 0.15) is 65.7 Å². The van der Waals surface area contributed by atoms with Crippen LogP contribution in [0.4, 0.5) is 0 Å². The van der Waals surface area contributed by atoms with E-state index in [0.29, 0.717) is 25.2 Å². The topological polar surface area (TPSA) is 162 Å². The first kappa shape index (κ1) is 27.6. The molecule has 11 nitrogen and oxygen atoms in total. The molecule has 4 fully saturated rings. The molecule has 12 heteroatoms. The van der Waals surface area contributed by atoms with Crippen molar-refractivity contribution in [1.29, 1.82) is 0 Å². The fraction of sp³-hybridized carbons (Fsp3) is 0.760. The van der Waals surface area contributed by atoms with Crippen LogP contribution in [0.25, 0.3) is 0 Å². The Balaban J connectivity index is 1.49. The summed E-state index contributed by atoms with van der Waals surface area (Å²) in [5.41, 5.74) is -2.14. The van der Waals surface area contributed by atoms with Crippen LogP contribution in [0.15, 0.2) is 12.7 Å². The molecule has 3 saturated carbocycles. The number of aliphatic hydroxyl groups excluding tert-OH is 1. The summed E-state index contributed by atoms with van der Waals surface area (Å²) in [5.74, 6) is -2.33. The second-order valence-electron chi connectivity index (χ2n) is 12.1. The van der Waals surface area contributed by atoms with Crippen molar-refractivity contribution >= 4 is 33.7 Å².